The van der Waals surface area contributed by atoms with Crippen LogP contribution >= 0.6 is 0 Å². The van der Waals surface area contributed by atoms with Crippen LogP contribution in [0.5, 0.6) is 0 Å². The third kappa shape index (κ3) is 2.80. The maximum absolute atomic E-state index is 12.8. The third-order valence-electron chi connectivity index (χ3n) is 5.10. The molecule has 0 unspecified atom stereocenters. The second kappa shape index (κ2) is 6.18. The minimum Gasteiger partial charge on any atom is -0.449 e. The van der Waals surface area contributed by atoms with Crippen molar-refractivity contribution in [2.24, 2.45) is 5.92 Å². The molecule has 1 amide bonds. The molecule has 2 aliphatic rings. The SMILES string of the molecule is Cc1ccc2oc(C(=O)N3C[C@@H](C)[C@H](N4CCOCC4)C3)cc2n1. The fraction of sp³-hybridized carbons (Fsp3) is 0.556. The molecule has 2 aromatic rings. The van der Waals surface area contributed by atoms with Crippen LogP contribution in [0.4, 0.5) is 0 Å². The van der Waals surface area contributed by atoms with Crippen molar-refractivity contribution in [3.05, 3.63) is 29.7 Å². The van der Waals surface area contributed by atoms with Crippen LogP contribution in [0, 0.1) is 12.8 Å². The lowest BCUT2D eigenvalue weighted by Gasteiger charge is -2.33. The molecule has 4 rings (SSSR count). The summed E-state index contributed by atoms with van der Waals surface area (Å²) >= 11 is 0. The van der Waals surface area contributed by atoms with Gasteiger partial charge in [0.15, 0.2) is 11.3 Å². The number of hydrogen-bond donors (Lipinski definition) is 0. The first-order valence-corrected chi connectivity index (χ1v) is 8.60. The van der Waals surface area contributed by atoms with Gasteiger partial charge in [-0.05, 0) is 25.0 Å². The van der Waals surface area contributed by atoms with Crippen molar-refractivity contribution in [2.75, 3.05) is 39.4 Å². The molecule has 6 nitrogen and oxygen atoms in total. The molecule has 0 spiro atoms. The van der Waals surface area contributed by atoms with Crippen molar-refractivity contribution in [2.45, 2.75) is 19.9 Å². The number of aromatic nitrogens is 1. The number of fused-ring (bicyclic) bond motifs is 1. The molecule has 6 heteroatoms. The Morgan fingerprint density at radius 3 is 2.83 bits per heavy atom. The standard InChI is InChI=1S/C18H23N3O3/c1-12-10-21(11-15(12)20-5-7-23-8-6-20)18(22)17-9-14-16(24-17)4-3-13(2)19-14/h3-4,9,12,15H,5-8,10-11H2,1-2H3/t12-,15-/m1/s1. The van der Waals surface area contributed by atoms with Gasteiger partial charge in [0.25, 0.3) is 5.91 Å². The lowest BCUT2D eigenvalue weighted by molar-refractivity contribution is 0.0119. The van der Waals surface area contributed by atoms with Gasteiger partial charge >= 0.3 is 0 Å². The van der Waals surface area contributed by atoms with E-state index in [1.807, 2.05) is 24.0 Å². The molecule has 0 saturated carbocycles. The van der Waals surface area contributed by atoms with Gasteiger partial charge < -0.3 is 14.1 Å². The number of carbonyl (C=O) groups is 1. The summed E-state index contributed by atoms with van der Waals surface area (Å²) in [5, 5.41) is 0. The monoisotopic (exact) mass is 329 g/mol. The van der Waals surface area contributed by atoms with E-state index in [0.717, 1.165) is 50.6 Å². The van der Waals surface area contributed by atoms with Gasteiger partial charge in [-0.1, -0.05) is 6.92 Å². The van der Waals surface area contributed by atoms with Crippen LogP contribution in [0.25, 0.3) is 11.1 Å². The van der Waals surface area contributed by atoms with Gasteiger partial charge in [0.1, 0.15) is 5.52 Å². The first kappa shape index (κ1) is 15.6. The highest BCUT2D eigenvalue weighted by molar-refractivity contribution is 5.95. The van der Waals surface area contributed by atoms with Crippen LogP contribution in [0.2, 0.25) is 0 Å². The largest absolute Gasteiger partial charge is 0.449 e. The first-order valence-electron chi connectivity index (χ1n) is 8.60. The molecule has 128 valence electrons. The molecule has 2 saturated heterocycles. The van der Waals surface area contributed by atoms with Crippen molar-refractivity contribution in [1.82, 2.24) is 14.8 Å². The van der Waals surface area contributed by atoms with E-state index in [1.165, 1.54) is 0 Å². The van der Waals surface area contributed by atoms with E-state index in [2.05, 4.69) is 16.8 Å². The van der Waals surface area contributed by atoms with Crippen LogP contribution in [-0.4, -0.2) is 66.1 Å². The van der Waals surface area contributed by atoms with Crippen LogP contribution in [0.1, 0.15) is 23.2 Å². The number of nitrogens with zero attached hydrogens (tertiary/aromatic N) is 3. The maximum Gasteiger partial charge on any atom is 0.289 e. The highest BCUT2D eigenvalue weighted by atomic mass is 16.5. The fourth-order valence-corrected chi connectivity index (χ4v) is 3.79. The lowest BCUT2D eigenvalue weighted by Crippen LogP contribution is -2.47. The summed E-state index contributed by atoms with van der Waals surface area (Å²) in [6, 6.07) is 5.93. The zero-order valence-corrected chi connectivity index (χ0v) is 14.2. The Morgan fingerprint density at radius 1 is 1.25 bits per heavy atom. The predicted octanol–water partition coefficient (Wildman–Crippen LogP) is 1.93. The van der Waals surface area contributed by atoms with Gasteiger partial charge in [-0.25, -0.2) is 4.98 Å². The third-order valence-corrected chi connectivity index (χ3v) is 5.10. The summed E-state index contributed by atoms with van der Waals surface area (Å²) in [5.74, 6) is 0.808. The normalized spacial score (nSPS) is 25.5. The molecular weight excluding hydrogens is 306 g/mol. The van der Waals surface area contributed by atoms with Crippen LogP contribution in [0.15, 0.2) is 22.6 Å². The first-order chi connectivity index (χ1) is 11.6. The molecule has 2 aliphatic heterocycles. The van der Waals surface area contributed by atoms with Crippen molar-refractivity contribution in [3.8, 4) is 0 Å². The number of rotatable bonds is 2. The van der Waals surface area contributed by atoms with Gasteiger partial charge in [0.2, 0.25) is 0 Å². The van der Waals surface area contributed by atoms with Gasteiger partial charge in [0.05, 0.1) is 13.2 Å². The number of carbonyl (C=O) groups excluding carboxylic acids is 1. The van der Waals surface area contributed by atoms with Crippen molar-refractivity contribution in [3.63, 3.8) is 0 Å². The van der Waals surface area contributed by atoms with Gasteiger partial charge in [0, 0.05) is 44.0 Å². The minimum absolute atomic E-state index is 0.0340. The predicted molar refractivity (Wildman–Crippen MR) is 90.0 cm³/mol. The number of amides is 1. The molecule has 24 heavy (non-hydrogen) atoms. The molecule has 0 aromatic carbocycles. The van der Waals surface area contributed by atoms with E-state index in [1.54, 1.807) is 6.07 Å². The van der Waals surface area contributed by atoms with E-state index < -0.39 is 0 Å². The minimum atomic E-state index is -0.0340. The van der Waals surface area contributed by atoms with Crippen molar-refractivity contribution in [1.29, 1.82) is 0 Å². The van der Waals surface area contributed by atoms with E-state index in [9.17, 15) is 4.79 Å². The number of pyridine rings is 1. The van der Waals surface area contributed by atoms with Crippen molar-refractivity contribution < 1.29 is 13.9 Å². The highest BCUT2D eigenvalue weighted by Gasteiger charge is 2.37. The highest BCUT2D eigenvalue weighted by Crippen LogP contribution is 2.26. The van der Waals surface area contributed by atoms with Crippen molar-refractivity contribution >= 4 is 17.0 Å². The number of aryl methyl sites for hydroxylation is 1. The molecule has 0 aliphatic carbocycles. The molecule has 2 aromatic heterocycles. The Morgan fingerprint density at radius 2 is 2.04 bits per heavy atom. The molecule has 2 fully saturated rings. The molecule has 0 N–H and O–H groups in total. The zero-order valence-electron chi connectivity index (χ0n) is 14.2. The number of ether oxygens (including phenoxy) is 1. The summed E-state index contributed by atoms with van der Waals surface area (Å²) in [5.41, 5.74) is 2.33. The Labute approximate surface area is 141 Å². The second-order valence-electron chi connectivity index (χ2n) is 6.85. The smallest absolute Gasteiger partial charge is 0.289 e. The topological polar surface area (TPSA) is 58.8 Å². The van der Waals surface area contributed by atoms with Crippen LogP contribution in [0.3, 0.4) is 0 Å². The summed E-state index contributed by atoms with van der Waals surface area (Å²) in [4.78, 5) is 21.6. The average molecular weight is 329 g/mol. The maximum atomic E-state index is 12.8. The summed E-state index contributed by atoms with van der Waals surface area (Å²) in [7, 11) is 0. The van der Waals surface area contributed by atoms with E-state index in [0.29, 0.717) is 23.3 Å². The molecule has 4 heterocycles. The number of likely N-dealkylation sites (tertiary alicyclic amines) is 1. The summed E-state index contributed by atoms with van der Waals surface area (Å²) in [6.07, 6.45) is 0. The summed E-state index contributed by atoms with van der Waals surface area (Å²) < 4.78 is 11.2. The molecule has 0 bridgehead atoms. The second-order valence-corrected chi connectivity index (χ2v) is 6.85. The Kier molecular flexibility index (Phi) is 4.02. The van der Waals surface area contributed by atoms with E-state index in [4.69, 9.17) is 9.15 Å². The lowest BCUT2D eigenvalue weighted by atomic mass is 10.0. The average Bonchev–Trinajstić information content (AvgIpc) is 3.18. The quantitative estimate of drug-likeness (QED) is 0.842. The number of hydrogen-bond acceptors (Lipinski definition) is 5. The Balaban J connectivity index is 1.51. The molecule has 2 atom stereocenters. The summed E-state index contributed by atoms with van der Waals surface area (Å²) in [6.45, 7) is 9.14. The van der Waals surface area contributed by atoms with Crippen LogP contribution < -0.4 is 0 Å². The van der Waals surface area contributed by atoms with E-state index in [-0.39, 0.29) is 5.91 Å². The van der Waals surface area contributed by atoms with Gasteiger partial charge in [-0.3, -0.25) is 9.69 Å². The van der Waals surface area contributed by atoms with Crippen LogP contribution in [-0.2, 0) is 4.74 Å². The Hall–Kier alpha value is -1.92. The van der Waals surface area contributed by atoms with Gasteiger partial charge in [-0.2, -0.15) is 0 Å². The molecular formula is C18H23N3O3. The molecule has 0 radical (unpaired) electrons. The number of morpholine rings is 1. The Bertz CT molecular complexity index is 751. The van der Waals surface area contributed by atoms with E-state index >= 15 is 0 Å². The number of furan rings is 1. The zero-order chi connectivity index (χ0) is 16.7. The van der Waals surface area contributed by atoms with Gasteiger partial charge in [-0.15, -0.1) is 0 Å². The fourth-order valence-electron chi connectivity index (χ4n) is 3.79.